The molecule has 0 aromatic carbocycles. The Morgan fingerprint density at radius 2 is 2.05 bits per heavy atom. The Morgan fingerprint density at radius 1 is 1.37 bits per heavy atom. The quantitative estimate of drug-likeness (QED) is 0.783. The van der Waals surface area contributed by atoms with Crippen molar-refractivity contribution in [2.45, 2.75) is 45.6 Å². The molecule has 0 saturated carbocycles. The molecule has 5 nitrogen and oxygen atoms in total. The van der Waals surface area contributed by atoms with Gasteiger partial charge in [0.1, 0.15) is 0 Å². The first-order valence-electron chi connectivity index (χ1n) is 6.63. The minimum atomic E-state index is -2.99. The van der Waals surface area contributed by atoms with Crippen LogP contribution in [0.15, 0.2) is 0 Å². The molecular formula is C13H20N2O3S. The molecule has 0 bridgehead atoms. The van der Waals surface area contributed by atoms with Gasteiger partial charge in [0.05, 0.1) is 28.3 Å². The molecule has 19 heavy (non-hydrogen) atoms. The average molecular weight is 284 g/mol. The Bertz CT molecular complexity index is 604. The van der Waals surface area contributed by atoms with Crippen molar-refractivity contribution < 1.29 is 13.2 Å². The summed E-state index contributed by atoms with van der Waals surface area (Å²) in [7, 11) is -2.99. The predicted octanol–water partition coefficient (Wildman–Crippen LogP) is 1.35. The summed E-state index contributed by atoms with van der Waals surface area (Å²) in [4.78, 5) is 11.3. The number of aryl methyl sites for hydroxylation is 1. The molecule has 1 atom stereocenters. The van der Waals surface area contributed by atoms with Crippen molar-refractivity contribution in [1.82, 2.24) is 9.78 Å². The standard InChI is InChI=1S/C13H20N2O3S/c1-4-11-10(8-16)12(5-2)15(14-11)13(3)6-7-19(17,18)9-13/h8H,4-7,9H2,1-3H3. The average Bonchev–Trinajstić information content (AvgIpc) is 2.86. The monoisotopic (exact) mass is 284 g/mol. The van der Waals surface area contributed by atoms with E-state index >= 15 is 0 Å². The lowest BCUT2D eigenvalue weighted by molar-refractivity contribution is 0.112. The fraction of sp³-hybridized carbons (Fsp3) is 0.692. The molecule has 0 spiro atoms. The molecule has 1 saturated heterocycles. The van der Waals surface area contributed by atoms with Gasteiger partial charge >= 0.3 is 0 Å². The van der Waals surface area contributed by atoms with E-state index in [2.05, 4.69) is 5.10 Å². The Balaban J connectivity index is 2.57. The highest BCUT2D eigenvalue weighted by molar-refractivity contribution is 7.91. The smallest absolute Gasteiger partial charge is 0.153 e. The molecule has 2 heterocycles. The molecule has 1 unspecified atom stereocenters. The van der Waals surface area contributed by atoms with E-state index in [1.807, 2.05) is 20.8 Å². The third-order valence-corrected chi connectivity index (χ3v) is 5.77. The zero-order valence-corrected chi connectivity index (χ0v) is 12.5. The lowest BCUT2D eigenvalue weighted by Gasteiger charge is -2.25. The second-order valence-electron chi connectivity index (χ2n) is 5.38. The van der Waals surface area contributed by atoms with Crippen LogP contribution in [0.5, 0.6) is 0 Å². The van der Waals surface area contributed by atoms with Crippen LogP contribution < -0.4 is 0 Å². The molecule has 1 aliphatic heterocycles. The van der Waals surface area contributed by atoms with Gasteiger partial charge in [-0.1, -0.05) is 13.8 Å². The summed E-state index contributed by atoms with van der Waals surface area (Å²) in [6.07, 6.45) is 2.76. The van der Waals surface area contributed by atoms with Crippen LogP contribution in [0, 0.1) is 0 Å². The van der Waals surface area contributed by atoms with Crippen LogP contribution in [0.2, 0.25) is 0 Å². The first kappa shape index (κ1) is 14.2. The molecule has 1 fully saturated rings. The minimum absolute atomic E-state index is 0.107. The van der Waals surface area contributed by atoms with E-state index in [9.17, 15) is 13.2 Å². The Hall–Kier alpha value is -1.17. The fourth-order valence-electron chi connectivity index (χ4n) is 2.86. The molecule has 0 radical (unpaired) electrons. The number of carbonyl (C=O) groups excluding carboxylic acids is 1. The molecule has 0 aliphatic carbocycles. The lowest BCUT2D eigenvalue weighted by atomic mass is 10.0. The number of aromatic nitrogens is 2. The molecule has 6 heteroatoms. The van der Waals surface area contributed by atoms with Crippen LogP contribution in [0.4, 0.5) is 0 Å². The van der Waals surface area contributed by atoms with E-state index in [0.29, 0.717) is 24.8 Å². The minimum Gasteiger partial charge on any atom is -0.298 e. The maximum atomic E-state index is 11.7. The topological polar surface area (TPSA) is 69.0 Å². The van der Waals surface area contributed by atoms with E-state index in [1.165, 1.54) is 0 Å². The summed E-state index contributed by atoms with van der Waals surface area (Å²) in [6, 6.07) is 0. The molecule has 0 N–H and O–H groups in total. The van der Waals surface area contributed by atoms with E-state index < -0.39 is 15.4 Å². The van der Waals surface area contributed by atoms with E-state index in [1.54, 1.807) is 4.68 Å². The summed E-state index contributed by atoms with van der Waals surface area (Å²) in [6.45, 7) is 5.83. The van der Waals surface area contributed by atoms with Crippen LogP contribution in [0.25, 0.3) is 0 Å². The molecule has 2 rings (SSSR count). The molecule has 1 aliphatic rings. The highest BCUT2D eigenvalue weighted by Gasteiger charge is 2.42. The van der Waals surface area contributed by atoms with Crippen LogP contribution in [0.3, 0.4) is 0 Å². The van der Waals surface area contributed by atoms with E-state index in [0.717, 1.165) is 17.7 Å². The van der Waals surface area contributed by atoms with Crippen LogP contribution in [-0.4, -0.2) is 36.0 Å². The van der Waals surface area contributed by atoms with Gasteiger partial charge in [0, 0.05) is 5.69 Å². The summed E-state index contributed by atoms with van der Waals surface area (Å²) < 4.78 is 25.3. The van der Waals surface area contributed by atoms with Gasteiger partial charge in [-0.3, -0.25) is 9.48 Å². The summed E-state index contributed by atoms with van der Waals surface area (Å²) >= 11 is 0. The molecule has 1 aromatic rings. The van der Waals surface area contributed by atoms with Crippen LogP contribution in [0.1, 0.15) is 48.9 Å². The number of hydrogen-bond donors (Lipinski definition) is 0. The largest absolute Gasteiger partial charge is 0.298 e. The molecule has 0 amide bonds. The maximum Gasteiger partial charge on any atom is 0.153 e. The van der Waals surface area contributed by atoms with Gasteiger partial charge in [-0.25, -0.2) is 8.42 Å². The van der Waals surface area contributed by atoms with Gasteiger partial charge < -0.3 is 0 Å². The van der Waals surface area contributed by atoms with Gasteiger partial charge in [-0.15, -0.1) is 0 Å². The number of rotatable bonds is 4. The van der Waals surface area contributed by atoms with Crippen LogP contribution >= 0.6 is 0 Å². The highest BCUT2D eigenvalue weighted by atomic mass is 32.2. The second-order valence-corrected chi connectivity index (χ2v) is 7.57. The number of nitrogens with zero attached hydrogens (tertiary/aromatic N) is 2. The number of aldehydes is 1. The SMILES string of the molecule is CCc1nn(C2(C)CCS(=O)(=O)C2)c(CC)c1C=O. The van der Waals surface area contributed by atoms with Crippen molar-refractivity contribution in [3.8, 4) is 0 Å². The van der Waals surface area contributed by atoms with Crippen molar-refractivity contribution in [3.05, 3.63) is 17.0 Å². The fourth-order valence-corrected chi connectivity index (χ4v) is 4.97. The molecular weight excluding hydrogens is 264 g/mol. The van der Waals surface area contributed by atoms with E-state index in [4.69, 9.17) is 0 Å². The van der Waals surface area contributed by atoms with Crippen molar-refractivity contribution in [1.29, 1.82) is 0 Å². The maximum absolute atomic E-state index is 11.7. The second kappa shape index (κ2) is 4.74. The van der Waals surface area contributed by atoms with E-state index in [-0.39, 0.29) is 11.5 Å². The van der Waals surface area contributed by atoms with Crippen molar-refractivity contribution in [2.75, 3.05) is 11.5 Å². The van der Waals surface area contributed by atoms with Crippen molar-refractivity contribution in [2.24, 2.45) is 0 Å². The summed E-state index contributed by atoms with van der Waals surface area (Å²) in [5.41, 5.74) is 1.73. The Kier molecular flexibility index (Phi) is 3.55. The van der Waals surface area contributed by atoms with Gasteiger partial charge in [-0.2, -0.15) is 5.10 Å². The summed E-state index contributed by atoms with van der Waals surface area (Å²) in [5, 5.41) is 4.51. The number of sulfone groups is 1. The van der Waals surface area contributed by atoms with Crippen LogP contribution in [-0.2, 0) is 28.2 Å². The molecule has 106 valence electrons. The first-order valence-corrected chi connectivity index (χ1v) is 8.46. The third kappa shape index (κ3) is 2.33. The van der Waals surface area contributed by atoms with Crippen molar-refractivity contribution >= 4 is 16.1 Å². The third-order valence-electron chi connectivity index (χ3n) is 3.88. The zero-order chi connectivity index (χ0) is 14.3. The predicted molar refractivity (Wildman–Crippen MR) is 73.3 cm³/mol. The Morgan fingerprint density at radius 3 is 2.47 bits per heavy atom. The lowest BCUT2D eigenvalue weighted by Crippen LogP contribution is -2.34. The normalized spacial score (nSPS) is 25.6. The number of hydrogen-bond acceptors (Lipinski definition) is 4. The van der Waals surface area contributed by atoms with Crippen molar-refractivity contribution in [3.63, 3.8) is 0 Å². The van der Waals surface area contributed by atoms with Gasteiger partial charge in [0.15, 0.2) is 16.1 Å². The van der Waals surface area contributed by atoms with Gasteiger partial charge in [-0.05, 0) is 26.2 Å². The zero-order valence-electron chi connectivity index (χ0n) is 11.6. The van der Waals surface area contributed by atoms with Gasteiger partial charge in [0.2, 0.25) is 0 Å². The summed E-state index contributed by atoms with van der Waals surface area (Å²) in [5.74, 6) is 0.306. The first-order chi connectivity index (χ1) is 8.87. The van der Waals surface area contributed by atoms with Gasteiger partial charge in [0.25, 0.3) is 0 Å². The Labute approximate surface area is 113 Å². The number of carbonyl (C=O) groups is 1. The highest BCUT2D eigenvalue weighted by Crippen LogP contribution is 2.33. The molecule has 1 aromatic heterocycles.